The first kappa shape index (κ1) is 22.9. The van der Waals surface area contributed by atoms with Gasteiger partial charge in [0.2, 0.25) is 10.0 Å². The van der Waals surface area contributed by atoms with Gasteiger partial charge >= 0.3 is 0 Å². The molecule has 1 amide bonds. The van der Waals surface area contributed by atoms with Crippen LogP contribution in [0.2, 0.25) is 0 Å². The molecule has 0 atom stereocenters. The van der Waals surface area contributed by atoms with E-state index in [1.165, 1.54) is 37.8 Å². The normalized spacial score (nSPS) is 15.1. The van der Waals surface area contributed by atoms with Crippen LogP contribution in [0.1, 0.15) is 36.0 Å². The fourth-order valence-corrected chi connectivity index (χ4v) is 5.10. The molecule has 1 fully saturated rings. The Morgan fingerprint density at radius 2 is 1.52 bits per heavy atom. The van der Waals surface area contributed by atoms with Gasteiger partial charge in [0.1, 0.15) is 17.2 Å². The van der Waals surface area contributed by atoms with E-state index in [1.807, 2.05) is 0 Å². The van der Waals surface area contributed by atoms with Crippen LogP contribution in [0.25, 0.3) is 0 Å². The van der Waals surface area contributed by atoms with Gasteiger partial charge in [0.05, 0.1) is 37.5 Å². The number of nitrogens with zero attached hydrogens (tertiary/aromatic N) is 1. The number of rotatable bonds is 7. The lowest BCUT2D eigenvalue weighted by atomic mass is 10.1. The molecule has 1 aliphatic rings. The standard InChI is InChI=1S/C22H28N2O6S/c1-28-16-8-10-20(29-2)18(14-16)22(25)23-19-15-17(9-11-21(19)30-3)31(26,27)24-12-6-4-5-7-13-24/h8-11,14-15H,4-7,12-13H2,1-3H3,(H,23,25). The van der Waals surface area contributed by atoms with Gasteiger partial charge in [0.15, 0.2) is 0 Å². The van der Waals surface area contributed by atoms with Crippen molar-refractivity contribution in [1.29, 1.82) is 0 Å². The Labute approximate surface area is 183 Å². The number of carbonyl (C=O) groups is 1. The maximum atomic E-state index is 13.2. The van der Waals surface area contributed by atoms with E-state index < -0.39 is 15.9 Å². The molecule has 0 radical (unpaired) electrons. The minimum Gasteiger partial charge on any atom is -0.497 e. The highest BCUT2D eigenvalue weighted by molar-refractivity contribution is 7.89. The van der Waals surface area contributed by atoms with Crippen molar-refractivity contribution in [3.8, 4) is 17.2 Å². The third kappa shape index (κ3) is 5.11. The smallest absolute Gasteiger partial charge is 0.259 e. The monoisotopic (exact) mass is 448 g/mol. The Morgan fingerprint density at radius 3 is 2.13 bits per heavy atom. The zero-order valence-electron chi connectivity index (χ0n) is 18.0. The largest absolute Gasteiger partial charge is 0.497 e. The average molecular weight is 449 g/mol. The van der Waals surface area contributed by atoms with Gasteiger partial charge in [-0.2, -0.15) is 4.31 Å². The first-order valence-electron chi connectivity index (χ1n) is 10.1. The topological polar surface area (TPSA) is 94.2 Å². The zero-order valence-corrected chi connectivity index (χ0v) is 18.8. The summed E-state index contributed by atoms with van der Waals surface area (Å²) in [5.74, 6) is 0.740. The number of nitrogens with one attached hydrogen (secondary N) is 1. The molecule has 31 heavy (non-hydrogen) atoms. The van der Waals surface area contributed by atoms with Crippen molar-refractivity contribution in [2.45, 2.75) is 30.6 Å². The predicted molar refractivity (Wildman–Crippen MR) is 118 cm³/mol. The first-order chi connectivity index (χ1) is 14.9. The van der Waals surface area contributed by atoms with Crippen LogP contribution >= 0.6 is 0 Å². The number of benzene rings is 2. The summed E-state index contributed by atoms with van der Waals surface area (Å²) < 4.78 is 43.7. The number of anilines is 1. The van der Waals surface area contributed by atoms with E-state index in [9.17, 15) is 13.2 Å². The van der Waals surface area contributed by atoms with Gasteiger partial charge in [-0.15, -0.1) is 0 Å². The molecule has 1 heterocycles. The first-order valence-corrected chi connectivity index (χ1v) is 11.6. The molecule has 0 unspecified atom stereocenters. The molecule has 0 spiro atoms. The molecule has 0 bridgehead atoms. The van der Waals surface area contributed by atoms with Crippen molar-refractivity contribution >= 4 is 21.6 Å². The van der Waals surface area contributed by atoms with Crippen LogP contribution in [-0.2, 0) is 10.0 Å². The molecular weight excluding hydrogens is 420 g/mol. The molecule has 9 heteroatoms. The summed E-state index contributed by atoms with van der Waals surface area (Å²) in [6.07, 6.45) is 3.74. The number of sulfonamides is 1. The van der Waals surface area contributed by atoms with Crippen LogP contribution < -0.4 is 19.5 Å². The molecule has 1 N–H and O–H groups in total. The van der Waals surface area contributed by atoms with Crippen LogP contribution in [0, 0.1) is 0 Å². The molecular formula is C22H28N2O6S. The second-order valence-corrected chi connectivity index (χ2v) is 9.14. The minimum absolute atomic E-state index is 0.114. The van der Waals surface area contributed by atoms with Gasteiger partial charge in [-0.3, -0.25) is 4.79 Å². The lowest BCUT2D eigenvalue weighted by Gasteiger charge is -2.21. The lowest BCUT2D eigenvalue weighted by molar-refractivity contribution is 0.102. The van der Waals surface area contributed by atoms with Gasteiger partial charge in [-0.25, -0.2) is 8.42 Å². The van der Waals surface area contributed by atoms with Crippen molar-refractivity contribution in [3.05, 3.63) is 42.0 Å². The fourth-order valence-electron chi connectivity index (χ4n) is 3.56. The third-order valence-corrected chi connectivity index (χ3v) is 7.17. The van der Waals surface area contributed by atoms with Crippen LogP contribution in [0.15, 0.2) is 41.3 Å². The van der Waals surface area contributed by atoms with Gasteiger partial charge < -0.3 is 19.5 Å². The number of hydrogen-bond donors (Lipinski definition) is 1. The van der Waals surface area contributed by atoms with E-state index in [2.05, 4.69) is 5.32 Å². The van der Waals surface area contributed by atoms with E-state index >= 15 is 0 Å². The third-order valence-electron chi connectivity index (χ3n) is 5.27. The molecule has 8 nitrogen and oxygen atoms in total. The number of carbonyl (C=O) groups excluding carboxylic acids is 1. The maximum absolute atomic E-state index is 13.2. The number of amides is 1. The van der Waals surface area contributed by atoms with E-state index in [0.717, 1.165) is 25.7 Å². The summed E-state index contributed by atoms with van der Waals surface area (Å²) >= 11 is 0. The van der Waals surface area contributed by atoms with Crippen molar-refractivity contribution < 1.29 is 27.4 Å². The Kier molecular flexibility index (Phi) is 7.40. The second kappa shape index (κ2) is 10.0. The lowest BCUT2D eigenvalue weighted by Crippen LogP contribution is -2.32. The molecule has 3 rings (SSSR count). The van der Waals surface area contributed by atoms with Crippen molar-refractivity contribution in [2.24, 2.45) is 0 Å². The Balaban J connectivity index is 1.94. The van der Waals surface area contributed by atoms with Gasteiger partial charge in [-0.1, -0.05) is 12.8 Å². The van der Waals surface area contributed by atoms with Gasteiger partial charge in [0, 0.05) is 13.1 Å². The van der Waals surface area contributed by atoms with E-state index in [1.54, 1.807) is 24.3 Å². The van der Waals surface area contributed by atoms with Gasteiger partial charge in [-0.05, 0) is 49.2 Å². The quantitative estimate of drug-likeness (QED) is 0.696. The number of hydrogen-bond acceptors (Lipinski definition) is 6. The summed E-state index contributed by atoms with van der Waals surface area (Å²) in [6, 6.07) is 9.35. The van der Waals surface area contributed by atoms with Crippen LogP contribution in [-0.4, -0.2) is 53.0 Å². The summed E-state index contributed by atoms with van der Waals surface area (Å²) in [5, 5.41) is 2.75. The fraction of sp³-hybridized carbons (Fsp3) is 0.409. The zero-order chi connectivity index (χ0) is 22.4. The Hall–Kier alpha value is -2.78. The summed E-state index contributed by atoms with van der Waals surface area (Å²) in [6.45, 7) is 0.994. The van der Waals surface area contributed by atoms with Crippen LogP contribution in [0.4, 0.5) is 5.69 Å². The summed E-state index contributed by atoms with van der Waals surface area (Å²) in [5.41, 5.74) is 0.512. The molecule has 0 saturated carbocycles. The van der Waals surface area contributed by atoms with E-state index in [4.69, 9.17) is 14.2 Å². The van der Waals surface area contributed by atoms with Crippen molar-refractivity contribution in [2.75, 3.05) is 39.7 Å². The van der Waals surface area contributed by atoms with Crippen LogP contribution in [0.5, 0.6) is 17.2 Å². The van der Waals surface area contributed by atoms with Crippen molar-refractivity contribution in [3.63, 3.8) is 0 Å². The molecule has 2 aromatic rings. The Morgan fingerprint density at radius 1 is 0.871 bits per heavy atom. The molecule has 0 aliphatic carbocycles. The maximum Gasteiger partial charge on any atom is 0.259 e. The molecule has 1 aliphatic heterocycles. The average Bonchev–Trinajstić information content (AvgIpc) is 3.08. The second-order valence-electron chi connectivity index (χ2n) is 7.20. The molecule has 2 aromatic carbocycles. The Bertz CT molecular complexity index is 1030. The predicted octanol–water partition coefficient (Wildman–Crippen LogP) is 3.53. The highest BCUT2D eigenvalue weighted by atomic mass is 32.2. The van der Waals surface area contributed by atoms with E-state index in [-0.39, 0.29) is 16.1 Å². The summed E-state index contributed by atoms with van der Waals surface area (Å²) in [4.78, 5) is 13.1. The number of ether oxygens (including phenoxy) is 3. The SMILES string of the molecule is COc1ccc(OC)c(C(=O)Nc2cc(S(=O)(=O)N3CCCCCC3)ccc2OC)c1. The highest BCUT2D eigenvalue weighted by Crippen LogP contribution is 2.31. The number of methoxy groups -OCH3 is 3. The van der Waals surface area contributed by atoms with Crippen molar-refractivity contribution in [1.82, 2.24) is 4.31 Å². The highest BCUT2D eigenvalue weighted by Gasteiger charge is 2.26. The molecule has 1 saturated heterocycles. The van der Waals surface area contributed by atoms with Crippen LogP contribution in [0.3, 0.4) is 0 Å². The summed E-state index contributed by atoms with van der Waals surface area (Å²) in [7, 11) is 0.753. The minimum atomic E-state index is -3.67. The molecule has 0 aromatic heterocycles. The van der Waals surface area contributed by atoms with Gasteiger partial charge in [0.25, 0.3) is 5.91 Å². The van der Waals surface area contributed by atoms with E-state index in [0.29, 0.717) is 30.3 Å². The molecule has 168 valence electrons.